The molecule has 0 unspecified atom stereocenters. The van der Waals surface area contributed by atoms with E-state index >= 15 is 0 Å². The summed E-state index contributed by atoms with van der Waals surface area (Å²) in [7, 11) is 0. The van der Waals surface area contributed by atoms with E-state index in [4.69, 9.17) is 0 Å². The largest absolute Gasteiger partial charge is 1.00 e. The van der Waals surface area contributed by atoms with Crippen molar-refractivity contribution in [1.29, 1.82) is 0 Å². The summed E-state index contributed by atoms with van der Waals surface area (Å²) >= 11 is 0. The van der Waals surface area contributed by atoms with Crippen LogP contribution in [0.15, 0.2) is 54.6 Å². The van der Waals surface area contributed by atoms with E-state index in [0.717, 1.165) is 12.1 Å². The zero-order chi connectivity index (χ0) is 13.9. The third-order valence-electron chi connectivity index (χ3n) is 2.58. The molecular formula is C13H10BF3KNO. The maximum atomic E-state index is 12.4. The third-order valence-corrected chi connectivity index (χ3v) is 2.58. The number of anilines is 1. The summed E-state index contributed by atoms with van der Waals surface area (Å²) in [4.78, 5) is 11.8. The molecule has 0 aliphatic heterocycles. The Morgan fingerprint density at radius 2 is 1.45 bits per heavy atom. The van der Waals surface area contributed by atoms with E-state index in [2.05, 4.69) is 5.32 Å². The van der Waals surface area contributed by atoms with Crippen LogP contribution in [0, 0.1) is 0 Å². The molecule has 0 fully saturated rings. The van der Waals surface area contributed by atoms with Crippen molar-refractivity contribution < 1.29 is 69.1 Å². The molecule has 0 heterocycles. The van der Waals surface area contributed by atoms with Crippen LogP contribution in [0.3, 0.4) is 0 Å². The van der Waals surface area contributed by atoms with Gasteiger partial charge in [0.1, 0.15) is 0 Å². The van der Waals surface area contributed by atoms with E-state index in [1.165, 1.54) is 12.1 Å². The van der Waals surface area contributed by atoms with Gasteiger partial charge in [0.05, 0.1) is 0 Å². The summed E-state index contributed by atoms with van der Waals surface area (Å²) < 4.78 is 37.3. The molecule has 1 amide bonds. The van der Waals surface area contributed by atoms with Gasteiger partial charge >= 0.3 is 58.4 Å². The number of carbonyl (C=O) groups excluding carboxylic acids is 1. The minimum absolute atomic E-state index is 0. The number of benzene rings is 2. The average Bonchev–Trinajstić information content (AvgIpc) is 2.39. The first kappa shape index (κ1) is 17.5. The predicted molar refractivity (Wildman–Crippen MR) is 69.5 cm³/mol. The number of carbonyl (C=O) groups is 1. The molecule has 1 N–H and O–H groups in total. The zero-order valence-electron chi connectivity index (χ0n) is 10.8. The number of nitrogens with one attached hydrogen (secondary N) is 1. The van der Waals surface area contributed by atoms with Crippen molar-refractivity contribution in [1.82, 2.24) is 0 Å². The molecular weight excluding hydrogens is 293 g/mol. The Morgan fingerprint density at radius 3 is 1.95 bits per heavy atom. The second-order valence-electron chi connectivity index (χ2n) is 4.02. The van der Waals surface area contributed by atoms with Gasteiger partial charge in [0, 0.05) is 11.3 Å². The van der Waals surface area contributed by atoms with Gasteiger partial charge in [0.2, 0.25) is 0 Å². The van der Waals surface area contributed by atoms with Gasteiger partial charge in [-0.15, -0.1) is 5.46 Å². The first-order chi connectivity index (χ1) is 8.97. The molecule has 0 saturated heterocycles. The minimum atomic E-state index is -5.03. The Kier molecular flexibility index (Phi) is 6.48. The van der Waals surface area contributed by atoms with Crippen LogP contribution in [0.4, 0.5) is 18.6 Å². The third kappa shape index (κ3) is 4.75. The summed E-state index contributed by atoms with van der Waals surface area (Å²) in [6.07, 6.45) is 0. The van der Waals surface area contributed by atoms with Gasteiger partial charge in [-0.05, 0) is 12.1 Å². The second kappa shape index (κ2) is 7.42. The number of rotatable bonds is 3. The van der Waals surface area contributed by atoms with Crippen molar-refractivity contribution in [2.45, 2.75) is 0 Å². The Hall–Kier alpha value is -0.599. The van der Waals surface area contributed by atoms with E-state index in [1.54, 1.807) is 30.3 Å². The van der Waals surface area contributed by atoms with Gasteiger partial charge < -0.3 is 18.3 Å². The van der Waals surface area contributed by atoms with Gasteiger partial charge in [-0.25, -0.2) is 0 Å². The minimum Gasteiger partial charge on any atom is -0.445 e. The Balaban J connectivity index is 0.00000200. The average molecular weight is 303 g/mol. The van der Waals surface area contributed by atoms with Crippen molar-refractivity contribution in [3.8, 4) is 0 Å². The summed E-state index contributed by atoms with van der Waals surface area (Å²) in [6, 6.07) is 12.9. The van der Waals surface area contributed by atoms with Crippen molar-refractivity contribution in [2.24, 2.45) is 0 Å². The maximum absolute atomic E-state index is 12.4. The number of para-hydroxylation sites is 1. The van der Waals surface area contributed by atoms with Gasteiger partial charge in [0.15, 0.2) is 0 Å². The standard InChI is InChI=1S/C13H10BF3NO.K/c15-14(16,17)11-8-6-10(7-9-11)13(19)18-12-4-2-1-3-5-12;/h1-9H,(H,18,19);/q-1;+1. The van der Waals surface area contributed by atoms with Crippen LogP contribution < -0.4 is 62.2 Å². The van der Waals surface area contributed by atoms with E-state index in [0.29, 0.717) is 5.69 Å². The molecule has 0 aliphatic rings. The van der Waals surface area contributed by atoms with Crippen LogP contribution in [0.25, 0.3) is 0 Å². The fourth-order valence-corrected chi connectivity index (χ4v) is 1.58. The van der Waals surface area contributed by atoms with E-state index in [-0.39, 0.29) is 56.9 Å². The van der Waals surface area contributed by atoms with Crippen molar-refractivity contribution in [3.63, 3.8) is 0 Å². The quantitative estimate of drug-likeness (QED) is 0.795. The van der Waals surface area contributed by atoms with Gasteiger partial charge in [-0.1, -0.05) is 42.5 Å². The van der Waals surface area contributed by atoms with Gasteiger partial charge in [-0.2, -0.15) is 0 Å². The number of halogens is 3. The molecule has 7 heteroatoms. The summed E-state index contributed by atoms with van der Waals surface area (Å²) in [5.41, 5.74) is 0.0699. The van der Waals surface area contributed by atoms with Gasteiger partial charge in [0.25, 0.3) is 5.91 Å². The summed E-state index contributed by atoms with van der Waals surface area (Å²) in [6.45, 7) is -5.03. The molecule has 2 nitrogen and oxygen atoms in total. The molecule has 0 spiro atoms. The SMILES string of the molecule is O=C(Nc1ccccc1)c1ccc([B-](F)(F)F)cc1.[K+]. The monoisotopic (exact) mass is 303 g/mol. The molecule has 98 valence electrons. The van der Waals surface area contributed by atoms with E-state index in [9.17, 15) is 17.7 Å². The van der Waals surface area contributed by atoms with E-state index in [1.807, 2.05) is 0 Å². The molecule has 0 aromatic heterocycles. The Morgan fingerprint density at radius 1 is 0.900 bits per heavy atom. The van der Waals surface area contributed by atoms with Crippen LogP contribution in [-0.2, 0) is 0 Å². The normalized spacial score (nSPS) is 10.6. The predicted octanol–water partition coefficient (Wildman–Crippen LogP) is -0.00270. The maximum Gasteiger partial charge on any atom is 1.00 e. The number of hydrogen-bond acceptors (Lipinski definition) is 1. The Labute approximate surface area is 157 Å². The van der Waals surface area contributed by atoms with Crippen LogP contribution in [-0.4, -0.2) is 12.9 Å². The molecule has 0 atom stereocenters. The molecule has 2 aromatic rings. The molecule has 0 bridgehead atoms. The summed E-state index contributed by atoms with van der Waals surface area (Å²) in [5, 5.41) is 2.60. The van der Waals surface area contributed by atoms with Crippen LogP contribution in [0.2, 0.25) is 0 Å². The fourth-order valence-electron chi connectivity index (χ4n) is 1.58. The molecule has 0 radical (unpaired) electrons. The molecule has 0 aliphatic carbocycles. The molecule has 20 heavy (non-hydrogen) atoms. The second-order valence-corrected chi connectivity index (χ2v) is 4.02. The first-order valence-corrected chi connectivity index (χ1v) is 5.63. The smallest absolute Gasteiger partial charge is 0.445 e. The number of amides is 1. The fraction of sp³-hybridized carbons (Fsp3) is 0. The van der Waals surface area contributed by atoms with Crippen molar-refractivity contribution in [3.05, 3.63) is 60.2 Å². The van der Waals surface area contributed by atoms with Crippen molar-refractivity contribution >= 4 is 24.0 Å². The Bertz CT molecular complexity index is 572. The van der Waals surface area contributed by atoms with E-state index < -0.39 is 18.3 Å². The summed E-state index contributed by atoms with van der Waals surface area (Å²) in [5.74, 6) is -0.438. The zero-order valence-corrected chi connectivity index (χ0v) is 13.9. The topological polar surface area (TPSA) is 29.1 Å². The molecule has 2 rings (SSSR count). The first-order valence-electron chi connectivity index (χ1n) is 5.63. The van der Waals surface area contributed by atoms with Gasteiger partial charge in [-0.3, -0.25) is 4.79 Å². The van der Waals surface area contributed by atoms with Crippen LogP contribution in [0.5, 0.6) is 0 Å². The number of hydrogen-bond donors (Lipinski definition) is 1. The molecule has 0 saturated carbocycles. The van der Waals surface area contributed by atoms with Crippen molar-refractivity contribution in [2.75, 3.05) is 5.32 Å². The molecule has 2 aromatic carbocycles. The van der Waals surface area contributed by atoms with Crippen LogP contribution in [0.1, 0.15) is 10.4 Å². The van der Waals surface area contributed by atoms with Crippen LogP contribution >= 0.6 is 0 Å².